The number of alkyl halides is 1. The van der Waals surface area contributed by atoms with Gasteiger partial charge < -0.3 is 0 Å². The summed E-state index contributed by atoms with van der Waals surface area (Å²) in [5.41, 5.74) is 1.41. The molecule has 0 radical (unpaired) electrons. The summed E-state index contributed by atoms with van der Waals surface area (Å²) in [7, 11) is 0. The predicted octanol–water partition coefficient (Wildman–Crippen LogP) is 7.32. The van der Waals surface area contributed by atoms with Gasteiger partial charge in [0.25, 0.3) is 0 Å². The third-order valence-electron chi connectivity index (χ3n) is 4.36. The van der Waals surface area contributed by atoms with E-state index in [-0.39, 0.29) is 0 Å². The van der Waals surface area contributed by atoms with Gasteiger partial charge in [0.05, 0.1) is 0 Å². The van der Waals surface area contributed by atoms with Gasteiger partial charge in [0.2, 0.25) is 0 Å². The Morgan fingerprint density at radius 2 is 1.29 bits per heavy atom. The van der Waals surface area contributed by atoms with Crippen molar-refractivity contribution in [3.05, 3.63) is 35.9 Å². The average molecular weight is 309 g/mol. The molecule has 0 N–H and O–H groups in total. The van der Waals surface area contributed by atoms with Gasteiger partial charge in [-0.25, -0.2) is 0 Å². The first-order valence-electron chi connectivity index (χ1n) is 8.99. The normalized spacial score (nSPS) is 12.5. The van der Waals surface area contributed by atoms with Crippen molar-refractivity contribution in [1.29, 1.82) is 0 Å². The maximum Gasteiger partial charge on any atom is 0.0292 e. The van der Waals surface area contributed by atoms with Crippen molar-refractivity contribution in [2.45, 2.75) is 83.5 Å². The molecule has 0 saturated carbocycles. The van der Waals surface area contributed by atoms with Crippen molar-refractivity contribution in [3.8, 4) is 0 Å². The van der Waals surface area contributed by atoms with E-state index in [1.807, 2.05) is 0 Å². The second-order valence-electron chi connectivity index (χ2n) is 6.23. The molecule has 1 rings (SSSR count). The van der Waals surface area contributed by atoms with E-state index in [1.54, 1.807) is 0 Å². The molecule has 0 aliphatic rings. The summed E-state index contributed by atoms with van der Waals surface area (Å²) in [6.45, 7) is 2.28. The van der Waals surface area contributed by atoms with Crippen LogP contribution in [0.25, 0.3) is 0 Å². The van der Waals surface area contributed by atoms with Crippen LogP contribution in [0.5, 0.6) is 0 Å². The molecule has 0 aliphatic carbocycles. The summed E-state index contributed by atoms with van der Waals surface area (Å²) in [4.78, 5) is 0. The maximum absolute atomic E-state index is 6.13. The lowest BCUT2D eigenvalue weighted by Crippen LogP contribution is -2.00. The molecule has 0 saturated heterocycles. The second-order valence-corrected chi connectivity index (χ2v) is 6.54. The van der Waals surface area contributed by atoms with Crippen LogP contribution in [0.2, 0.25) is 0 Å². The highest BCUT2D eigenvalue weighted by molar-refractivity contribution is 6.18. The molecule has 0 spiro atoms. The smallest absolute Gasteiger partial charge is 0.0292 e. The molecule has 0 fully saturated rings. The van der Waals surface area contributed by atoms with Crippen LogP contribution in [0.1, 0.15) is 89.0 Å². The van der Waals surface area contributed by atoms with Gasteiger partial charge in [0, 0.05) is 5.88 Å². The largest absolute Gasteiger partial charge is 0.126 e. The Hall–Kier alpha value is -0.490. The minimum atomic E-state index is 0.543. The highest BCUT2D eigenvalue weighted by Gasteiger charge is 2.09. The molecule has 1 aromatic rings. The van der Waals surface area contributed by atoms with Crippen LogP contribution in [0.15, 0.2) is 30.3 Å². The Morgan fingerprint density at radius 1 is 0.762 bits per heavy atom. The SMILES string of the molecule is CCCCCCCCCCCCC(CCl)c1ccccc1. The van der Waals surface area contributed by atoms with Crippen LogP contribution >= 0.6 is 11.6 Å². The average Bonchev–Trinajstić information content (AvgIpc) is 2.54. The van der Waals surface area contributed by atoms with E-state index in [1.165, 1.54) is 76.2 Å². The number of hydrogen-bond donors (Lipinski definition) is 0. The van der Waals surface area contributed by atoms with Crippen molar-refractivity contribution in [3.63, 3.8) is 0 Å². The standard InChI is InChI=1S/C20H33Cl/c1-2-3-4-5-6-7-8-9-10-12-17-20(18-21)19-15-13-11-14-16-19/h11,13-16,20H,2-10,12,17-18H2,1H3. The zero-order chi connectivity index (χ0) is 15.2. The molecule has 0 aliphatic heterocycles. The Kier molecular flexibility index (Phi) is 11.7. The molecule has 1 heteroatoms. The molecule has 1 aromatic carbocycles. The van der Waals surface area contributed by atoms with Gasteiger partial charge in [0.1, 0.15) is 0 Å². The van der Waals surface area contributed by atoms with Gasteiger partial charge in [-0.05, 0) is 17.9 Å². The highest BCUT2D eigenvalue weighted by atomic mass is 35.5. The Balaban J connectivity index is 1.98. The molecule has 0 nitrogen and oxygen atoms in total. The summed E-state index contributed by atoms with van der Waals surface area (Å²) in [6, 6.07) is 10.7. The number of halogens is 1. The van der Waals surface area contributed by atoms with Crippen molar-refractivity contribution in [1.82, 2.24) is 0 Å². The van der Waals surface area contributed by atoms with E-state index in [2.05, 4.69) is 37.3 Å². The van der Waals surface area contributed by atoms with Crippen LogP contribution in [0, 0.1) is 0 Å². The minimum absolute atomic E-state index is 0.543. The van der Waals surface area contributed by atoms with E-state index in [9.17, 15) is 0 Å². The molecule has 0 heterocycles. The summed E-state index contributed by atoms with van der Waals surface area (Å²) >= 11 is 6.13. The van der Waals surface area contributed by atoms with Crippen molar-refractivity contribution < 1.29 is 0 Å². The first-order valence-corrected chi connectivity index (χ1v) is 9.52. The second kappa shape index (κ2) is 13.2. The Morgan fingerprint density at radius 3 is 1.81 bits per heavy atom. The quantitative estimate of drug-likeness (QED) is 0.264. The lowest BCUT2D eigenvalue weighted by atomic mass is 9.94. The fourth-order valence-corrected chi connectivity index (χ4v) is 3.27. The van der Waals surface area contributed by atoms with Gasteiger partial charge in [-0.3, -0.25) is 0 Å². The lowest BCUT2D eigenvalue weighted by Gasteiger charge is -2.14. The molecule has 120 valence electrons. The van der Waals surface area contributed by atoms with Gasteiger partial charge in [0.15, 0.2) is 0 Å². The predicted molar refractivity (Wildman–Crippen MR) is 96.4 cm³/mol. The fourth-order valence-electron chi connectivity index (χ4n) is 2.94. The molecule has 1 atom stereocenters. The molecular formula is C20H33Cl. The Bertz CT molecular complexity index is 320. The molecule has 1 unspecified atom stereocenters. The van der Waals surface area contributed by atoms with Crippen LogP contribution in [0.4, 0.5) is 0 Å². The van der Waals surface area contributed by atoms with Crippen molar-refractivity contribution in [2.24, 2.45) is 0 Å². The number of benzene rings is 1. The van der Waals surface area contributed by atoms with Crippen LogP contribution in [-0.4, -0.2) is 5.88 Å². The van der Waals surface area contributed by atoms with Crippen molar-refractivity contribution in [2.75, 3.05) is 5.88 Å². The van der Waals surface area contributed by atoms with Gasteiger partial charge in [-0.1, -0.05) is 101 Å². The highest BCUT2D eigenvalue weighted by Crippen LogP contribution is 2.24. The van der Waals surface area contributed by atoms with Crippen LogP contribution < -0.4 is 0 Å². The molecule has 21 heavy (non-hydrogen) atoms. The number of hydrogen-bond acceptors (Lipinski definition) is 0. The van der Waals surface area contributed by atoms with Gasteiger partial charge in [-0.15, -0.1) is 11.6 Å². The summed E-state index contributed by atoms with van der Waals surface area (Å²) in [6.07, 6.45) is 15.3. The number of rotatable bonds is 13. The van der Waals surface area contributed by atoms with E-state index in [0.717, 1.165) is 5.88 Å². The monoisotopic (exact) mass is 308 g/mol. The topological polar surface area (TPSA) is 0 Å². The fraction of sp³-hybridized carbons (Fsp3) is 0.700. The molecule has 0 amide bonds. The molecule has 0 aromatic heterocycles. The minimum Gasteiger partial charge on any atom is -0.126 e. The third-order valence-corrected chi connectivity index (χ3v) is 4.74. The van der Waals surface area contributed by atoms with Crippen LogP contribution in [-0.2, 0) is 0 Å². The first-order chi connectivity index (χ1) is 10.4. The van der Waals surface area contributed by atoms with Crippen molar-refractivity contribution >= 4 is 11.6 Å². The van der Waals surface area contributed by atoms with E-state index >= 15 is 0 Å². The van der Waals surface area contributed by atoms with E-state index in [0.29, 0.717) is 5.92 Å². The maximum atomic E-state index is 6.13. The van der Waals surface area contributed by atoms with E-state index < -0.39 is 0 Å². The zero-order valence-corrected chi connectivity index (χ0v) is 14.6. The molecule has 0 bridgehead atoms. The summed E-state index contributed by atoms with van der Waals surface area (Å²) in [5, 5.41) is 0. The van der Waals surface area contributed by atoms with Gasteiger partial charge in [-0.2, -0.15) is 0 Å². The third kappa shape index (κ3) is 9.19. The molecular weight excluding hydrogens is 276 g/mol. The van der Waals surface area contributed by atoms with Crippen LogP contribution in [0.3, 0.4) is 0 Å². The summed E-state index contributed by atoms with van der Waals surface area (Å²) < 4.78 is 0. The number of unbranched alkanes of at least 4 members (excludes halogenated alkanes) is 9. The Labute approximate surface area is 137 Å². The lowest BCUT2D eigenvalue weighted by molar-refractivity contribution is 0.536. The first kappa shape index (κ1) is 18.6. The van der Waals surface area contributed by atoms with E-state index in [4.69, 9.17) is 11.6 Å². The van der Waals surface area contributed by atoms with Gasteiger partial charge >= 0.3 is 0 Å². The summed E-state index contributed by atoms with van der Waals surface area (Å²) in [5.74, 6) is 1.29. The zero-order valence-electron chi connectivity index (χ0n) is 13.8.